The third-order valence-electron chi connectivity index (χ3n) is 3.49. The van der Waals surface area contributed by atoms with E-state index in [-0.39, 0.29) is 36.7 Å². The smallest absolute Gasteiger partial charge is 0.242 e. The van der Waals surface area contributed by atoms with Crippen molar-refractivity contribution >= 4 is 23.3 Å². The van der Waals surface area contributed by atoms with Gasteiger partial charge in [-0.15, -0.1) is 0 Å². The zero-order chi connectivity index (χ0) is 16.1. The molecule has 1 aliphatic rings. The minimum atomic E-state index is -0.204. The number of ketones is 1. The molecule has 1 fully saturated rings. The Kier molecular flexibility index (Phi) is 5.14. The SMILES string of the molecule is CC(=O)c1ccccc1NCC(=O)N(C)CC(=O)NC1CC1. The van der Waals surface area contributed by atoms with Crippen molar-refractivity contribution in [3.05, 3.63) is 29.8 Å². The number of nitrogens with one attached hydrogen (secondary N) is 2. The van der Waals surface area contributed by atoms with Crippen LogP contribution in [0.5, 0.6) is 0 Å². The van der Waals surface area contributed by atoms with Gasteiger partial charge in [0.15, 0.2) is 5.78 Å². The predicted octanol–water partition coefficient (Wildman–Crippen LogP) is 1.04. The van der Waals surface area contributed by atoms with E-state index in [1.54, 1.807) is 31.3 Å². The Balaban J connectivity index is 1.83. The fraction of sp³-hybridized carbons (Fsp3) is 0.438. The third-order valence-corrected chi connectivity index (χ3v) is 3.49. The molecule has 1 aromatic rings. The van der Waals surface area contributed by atoms with Gasteiger partial charge in [0.1, 0.15) is 0 Å². The number of nitrogens with zero attached hydrogens (tertiary/aromatic N) is 1. The number of carbonyl (C=O) groups is 3. The third kappa shape index (κ3) is 4.58. The predicted molar refractivity (Wildman–Crippen MR) is 83.7 cm³/mol. The standard InChI is InChI=1S/C16H21N3O3/c1-11(20)13-5-3-4-6-14(13)17-9-16(22)19(2)10-15(21)18-12-7-8-12/h3-6,12,17H,7-10H2,1-2H3,(H,18,21). The second-order valence-corrected chi connectivity index (χ2v) is 5.55. The van der Waals surface area contributed by atoms with E-state index in [0.29, 0.717) is 11.3 Å². The summed E-state index contributed by atoms with van der Waals surface area (Å²) in [5.74, 6) is -0.403. The topological polar surface area (TPSA) is 78.5 Å². The molecule has 0 aliphatic heterocycles. The Morgan fingerprint density at radius 3 is 2.55 bits per heavy atom. The van der Waals surface area contributed by atoms with E-state index < -0.39 is 0 Å². The molecule has 6 heteroatoms. The number of likely N-dealkylation sites (N-methyl/N-ethyl adjacent to an activating group) is 1. The average molecular weight is 303 g/mol. The van der Waals surface area contributed by atoms with Crippen LogP contribution in [-0.2, 0) is 9.59 Å². The highest BCUT2D eigenvalue weighted by Gasteiger charge is 2.24. The largest absolute Gasteiger partial charge is 0.376 e. The van der Waals surface area contributed by atoms with E-state index in [1.165, 1.54) is 11.8 Å². The summed E-state index contributed by atoms with van der Waals surface area (Å²) in [4.78, 5) is 36.6. The van der Waals surface area contributed by atoms with Crippen LogP contribution < -0.4 is 10.6 Å². The van der Waals surface area contributed by atoms with Crippen molar-refractivity contribution in [1.82, 2.24) is 10.2 Å². The van der Waals surface area contributed by atoms with Crippen LogP contribution in [0.2, 0.25) is 0 Å². The molecule has 0 bridgehead atoms. The molecular formula is C16H21N3O3. The molecule has 6 nitrogen and oxygen atoms in total. The molecule has 0 heterocycles. The van der Waals surface area contributed by atoms with Gasteiger partial charge in [0, 0.05) is 24.3 Å². The Morgan fingerprint density at radius 1 is 1.23 bits per heavy atom. The number of amides is 2. The van der Waals surface area contributed by atoms with Crippen LogP contribution in [0, 0.1) is 0 Å². The molecule has 0 unspecified atom stereocenters. The zero-order valence-corrected chi connectivity index (χ0v) is 12.9. The second kappa shape index (κ2) is 7.06. The number of benzene rings is 1. The van der Waals surface area contributed by atoms with Gasteiger partial charge in [-0.25, -0.2) is 0 Å². The van der Waals surface area contributed by atoms with Crippen molar-refractivity contribution in [3.8, 4) is 0 Å². The maximum Gasteiger partial charge on any atom is 0.242 e. The summed E-state index contributed by atoms with van der Waals surface area (Å²) >= 11 is 0. The van der Waals surface area contributed by atoms with Gasteiger partial charge in [-0.1, -0.05) is 12.1 Å². The number of hydrogen-bond acceptors (Lipinski definition) is 4. The first kappa shape index (κ1) is 16.0. The molecule has 0 saturated heterocycles. The highest BCUT2D eigenvalue weighted by molar-refractivity contribution is 6.00. The lowest BCUT2D eigenvalue weighted by Gasteiger charge is -2.18. The number of carbonyl (C=O) groups excluding carboxylic acids is 3. The Morgan fingerprint density at radius 2 is 1.91 bits per heavy atom. The number of Topliss-reactive ketones (excluding diaryl/α,β-unsaturated/α-hetero) is 1. The van der Waals surface area contributed by atoms with E-state index in [2.05, 4.69) is 10.6 Å². The lowest BCUT2D eigenvalue weighted by molar-refractivity contribution is -0.133. The van der Waals surface area contributed by atoms with Gasteiger partial charge in [0.2, 0.25) is 11.8 Å². The molecule has 0 aromatic heterocycles. The summed E-state index contributed by atoms with van der Waals surface area (Å²) in [5, 5.41) is 5.80. The second-order valence-electron chi connectivity index (χ2n) is 5.55. The molecule has 1 aliphatic carbocycles. The average Bonchev–Trinajstić information content (AvgIpc) is 3.28. The Labute approximate surface area is 129 Å². The maximum absolute atomic E-state index is 12.0. The van der Waals surface area contributed by atoms with Gasteiger partial charge in [-0.2, -0.15) is 0 Å². The molecule has 0 spiro atoms. The van der Waals surface area contributed by atoms with Crippen LogP contribution in [0.15, 0.2) is 24.3 Å². The van der Waals surface area contributed by atoms with Crippen molar-refractivity contribution in [2.45, 2.75) is 25.8 Å². The summed E-state index contributed by atoms with van der Waals surface area (Å²) in [6.45, 7) is 1.57. The van der Waals surface area contributed by atoms with Crippen LogP contribution in [0.25, 0.3) is 0 Å². The number of rotatable bonds is 7. The fourth-order valence-electron chi connectivity index (χ4n) is 2.05. The molecule has 118 valence electrons. The van der Waals surface area contributed by atoms with E-state index in [4.69, 9.17) is 0 Å². The van der Waals surface area contributed by atoms with Crippen molar-refractivity contribution in [3.63, 3.8) is 0 Å². The van der Waals surface area contributed by atoms with Gasteiger partial charge in [0.05, 0.1) is 13.1 Å². The summed E-state index contributed by atoms with van der Waals surface area (Å²) in [7, 11) is 1.59. The van der Waals surface area contributed by atoms with Crippen molar-refractivity contribution in [1.29, 1.82) is 0 Å². The highest BCUT2D eigenvalue weighted by Crippen LogP contribution is 2.18. The Hall–Kier alpha value is -2.37. The first-order chi connectivity index (χ1) is 10.5. The maximum atomic E-state index is 12.0. The van der Waals surface area contributed by atoms with Crippen molar-refractivity contribution < 1.29 is 14.4 Å². The molecule has 0 atom stereocenters. The van der Waals surface area contributed by atoms with Crippen LogP contribution in [0.4, 0.5) is 5.69 Å². The monoisotopic (exact) mass is 303 g/mol. The van der Waals surface area contributed by atoms with E-state index in [9.17, 15) is 14.4 Å². The quantitative estimate of drug-likeness (QED) is 0.738. The van der Waals surface area contributed by atoms with Crippen molar-refractivity contribution in [2.24, 2.45) is 0 Å². The molecular weight excluding hydrogens is 282 g/mol. The normalized spacial score (nSPS) is 13.4. The van der Waals surface area contributed by atoms with Crippen LogP contribution in [0.3, 0.4) is 0 Å². The van der Waals surface area contributed by atoms with Crippen molar-refractivity contribution in [2.75, 3.05) is 25.5 Å². The molecule has 1 saturated carbocycles. The summed E-state index contributed by atoms with van der Waals surface area (Å²) in [6.07, 6.45) is 2.04. The molecule has 2 rings (SSSR count). The highest BCUT2D eigenvalue weighted by atomic mass is 16.2. The summed E-state index contributed by atoms with van der Waals surface area (Å²) in [6, 6.07) is 7.33. The van der Waals surface area contributed by atoms with Gasteiger partial charge >= 0.3 is 0 Å². The molecule has 2 amide bonds. The first-order valence-electron chi connectivity index (χ1n) is 7.34. The lowest BCUT2D eigenvalue weighted by Crippen LogP contribution is -2.41. The minimum absolute atomic E-state index is 0.0392. The van der Waals surface area contributed by atoms with Crippen LogP contribution >= 0.6 is 0 Å². The molecule has 0 radical (unpaired) electrons. The zero-order valence-electron chi connectivity index (χ0n) is 12.9. The molecule has 1 aromatic carbocycles. The molecule has 2 N–H and O–H groups in total. The summed E-state index contributed by atoms with van der Waals surface area (Å²) < 4.78 is 0. The van der Waals surface area contributed by atoms with E-state index in [0.717, 1.165) is 12.8 Å². The summed E-state index contributed by atoms with van der Waals surface area (Å²) in [5.41, 5.74) is 1.17. The van der Waals surface area contributed by atoms with E-state index >= 15 is 0 Å². The van der Waals surface area contributed by atoms with Crippen LogP contribution in [-0.4, -0.2) is 48.7 Å². The van der Waals surface area contributed by atoms with Gasteiger partial charge in [0.25, 0.3) is 0 Å². The number of anilines is 1. The number of hydrogen-bond donors (Lipinski definition) is 2. The number of para-hydroxylation sites is 1. The van der Waals surface area contributed by atoms with Gasteiger partial charge in [-0.05, 0) is 31.9 Å². The molecule has 22 heavy (non-hydrogen) atoms. The van der Waals surface area contributed by atoms with Gasteiger partial charge < -0.3 is 15.5 Å². The Bertz CT molecular complexity index is 582. The fourth-order valence-corrected chi connectivity index (χ4v) is 2.05. The van der Waals surface area contributed by atoms with Crippen LogP contribution in [0.1, 0.15) is 30.1 Å². The van der Waals surface area contributed by atoms with Gasteiger partial charge in [-0.3, -0.25) is 14.4 Å². The van der Waals surface area contributed by atoms with E-state index in [1.807, 2.05) is 0 Å². The lowest BCUT2D eigenvalue weighted by atomic mass is 10.1. The first-order valence-corrected chi connectivity index (χ1v) is 7.34. The minimum Gasteiger partial charge on any atom is -0.376 e.